The molecule has 1 aromatic heterocycles. The van der Waals surface area contributed by atoms with Gasteiger partial charge in [0.15, 0.2) is 0 Å². The lowest BCUT2D eigenvalue weighted by Crippen LogP contribution is -2.48. The summed E-state index contributed by atoms with van der Waals surface area (Å²) in [5.41, 5.74) is 0.904. The predicted molar refractivity (Wildman–Crippen MR) is 122 cm³/mol. The van der Waals surface area contributed by atoms with Gasteiger partial charge in [-0.25, -0.2) is 4.98 Å². The SMILES string of the molecule is CCC(CC(C)OC(C)(C)C)CN1CCN(c2ccc(OC(C)(C)C)nc2)CC1. The highest BCUT2D eigenvalue weighted by molar-refractivity contribution is 5.46. The van der Waals surface area contributed by atoms with Gasteiger partial charge in [0.25, 0.3) is 0 Å². The van der Waals surface area contributed by atoms with Crippen LogP contribution in [0.4, 0.5) is 5.69 Å². The fourth-order valence-corrected chi connectivity index (χ4v) is 3.98. The van der Waals surface area contributed by atoms with Crippen LogP contribution in [0.3, 0.4) is 0 Å². The zero-order valence-corrected chi connectivity index (χ0v) is 20.0. The monoisotopic (exact) mass is 405 g/mol. The standard InChI is InChI=1S/C24H43N3O2/c1-9-20(16-19(2)28-23(3,4)5)18-26-12-14-27(15-13-26)21-10-11-22(25-17-21)29-24(6,7)8/h10-11,17,19-20H,9,12-16,18H2,1-8H3. The summed E-state index contributed by atoms with van der Waals surface area (Å²) in [4.78, 5) is 9.53. The number of hydrogen-bond acceptors (Lipinski definition) is 5. The van der Waals surface area contributed by atoms with Crippen LogP contribution in [0.5, 0.6) is 5.88 Å². The second-order valence-electron chi connectivity index (χ2n) is 10.4. The van der Waals surface area contributed by atoms with Crippen molar-refractivity contribution in [2.75, 3.05) is 37.6 Å². The van der Waals surface area contributed by atoms with E-state index in [9.17, 15) is 0 Å². The Balaban J connectivity index is 1.80. The van der Waals surface area contributed by atoms with Crippen LogP contribution in [-0.2, 0) is 4.74 Å². The Hall–Kier alpha value is -1.33. The topological polar surface area (TPSA) is 37.8 Å². The number of nitrogens with zero attached hydrogens (tertiary/aromatic N) is 3. The summed E-state index contributed by atoms with van der Waals surface area (Å²) in [5, 5.41) is 0. The molecule has 5 nitrogen and oxygen atoms in total. The third kappa shape index (κ3) is 8.91. The van der Waals surface area contributed by atoms with Crippen LogP contribution in [0.15, 0.2) is 18.3 Å². The van der Waals surface area contributed by atoms with E-state index in [-0.39, 0.29) is 11.2 Å². The van der Waals surface area contributed by atoms with E-state index in [1.807, 2.05) is 33.0 Å². The Morgan fingerprint density at radius 1 is 1.00 bits per heavy atom. The summed E-state index contributed by atoms with van der Waals surface area (Å²) >= 11 is 0. The molecule has 0 spiro atoms. The van der Waals surface area contributed by atoms with E-state index in [2.05, 4.69) is 55.5 Å². The Labute approximate surface area is 178 Å². The predicted octanol–water partition coefficient (Wildman–Crippen LogP) is 5.00. The van der Waals surface area contributed by atoms with Crippen molar-refractivity contribution in [1.29, 1.82) is 0 Å². The molecule has 1 aliphatic rings. The normalized spacial score (nSPS) is 18.6. The number of pyridine rings is 1. The van der Waals surface area contributed by atoms with Gasteiger partial charge in [-0.15, -0.1) is 0 Å². The lowest BCUT2D eigenvalue weighted by Gasteiger charge is -2.38. The van der Waals surface area contributed by atoms with Crippen LogP contribution in [0, 0.1) is 5.92 Å². The molecule has 166 valence electrons. The first-order chi connectivity index (χ1) is 13.4. The highest BCUT2D eigenvalue weighted by Gasteiger charge is 2.23. The molecule has 2 atom stereocenters. The summed E-state index contributed by atoms with van der Waals surface area (Å²) < 4.78 is 12.0. The first-order valence-corrected chi connectivity index (χ1v) is 11.3. The van der Waals surface area contributed by atoms with Gasteiger partial charge in [0, 0.05) is 38.8 Å². The van der Waals surface area contributed by atoms with E-state index in [0.717, 1.165) is 32.6 Å². The minimum absolute atomic E-state index is 0.0646. The average Bonchev–Trinajstić information content (AvgIpc) is 2.59. The Kier molecular flexibility index (Phi) is 8.36. The molecule has 0 bridgehead atoms. The van der Waals surface area contributed by atoms with E-state index >= 15 is 0 Å². The van der Waals surface area contributed by atoms with E-state index < -0.39 is 0 Å². The lowest BCUT2D eigenvalue weighted by atomic mass is 9.97. The molecule has 1 saturated heterocycles. The molecule has 2 unspecified atom stereocenters. The molecule has 0 saturated carbocycles. The molecule has 0 radical (unpaired) electrons. The summed E-state index contributed by atoms with van der Waals surface area (Å²) in [6.45, 7) is 22.5. The molecule has 29 heavy (non-hydrogen) atoms. The first kappa shape index (κ1) is 23.9. The summed E-state index contributed by atoms with van der Waals surface area (Å²) in [5.74, 6) is 1.38. The molecule has 2 heterocycles. The quantitative estimate of drug-likeness (QED) is 0.608. The van der Waals surface area contributed by atoms with Gasteiger partial charge in [-0.2, -0.15) is 0 Å². The van der Waals surface area contributed by atoms with E-state index in [1.54, 1.807) is 0 Å². The molecule has 1 aliphatic heterocycles. The molecule has 0 amide bonds. The maximum Gasteiger partial charge on any atom is 0.213 e. The number of piperazine rings is 1. The van der Waals surface area contributed by atoms with Gasteiger partial charge in [-0.3, -0.25) is 4.90 Å². The van der Waals surface area contributed by atoms with Crippen molar-refractivity contribution in [2.45, 2.75) is 85.5 Å². The van der Waals surface area contributed by atoms with Crippen molar-refractivity contribution in [3.63, 3.8) is 0 Å². The minimum atomic E-state index is -0.217. The van der Waals surface area contributed by atoms with Crippen molar-refractivity contribution in [3.05, 3.63) is 18.3 Å². The fourth-order valence-electron chi connectivity index (χ4n) is 3.98. The zero-order valence-electron chi connectivity index (χ0n) is 20.0. The van der Waals surface area contributed by atoms with Crippen molar-refractivity contribution in [1.82, 2.24) is 9.88 Å². The Morgan fingerprint density at radius 2 is 1.66 bits per heavy atom. The summed E-state index contributed by atoms with van der Waals surface area (Å²) in [7, 11) is 0. The highest BCUT2D eigenvalue weighted by atomic mass is 16.5. The van der Waals surface area contributed by atoms with Gasteiger partial charge in [-0.05, 0) is 66.9 Å². The van der Waals surface area contributed by atoms with Gasteiger partial charge < -0.3 is 14.4 Å². The zero-order chi connectivity index (χ0) is 21.7. The van der Waals surface area contributed by atoms with E-state index in [4.69, 9.17) is 9.47 Å². The smallest absolute Gasteiger partial charge is 0.213 e. The van der Waals surface area contributed by atoms with Gasteiger partial charge in [0.1, 0.15) is 5.60 Å². The number of hydrogen-bond donors (Lipinski definition) is 0. The number of aromatic nitrogens is 1. The highest BCUT2D eigenvalue weighted by Crippen LogP contribution is 2.23. The van der Waals surface area contributed by atoms with Crippen LogP contribution < -0.4 is 9.64 Å². The second-order valence-corrected chi connectivity index (χ2v) is 10.4. The van der Waals surface area contributed by atoms with Gasteiger partial charge in [0.2, 0.25) is 5.88 Å². The average molecular weight is 406 g/mol. The third-order valence-electron chi connectivity index (χ3n) is 5.18. The molecule has 2 rings (SSSR count). The molecule has 0 aliphatic carbocycles. The Bertz CT molecular complexity index is 596. The van der Waals surface area contributed by atoms with E-state index in [0.29, 0.717) is 17.9 Å². The molecule has 1 fully saturated rings. The maximum absolute atomic E-state index is 6.13. The molecule has 0 aromatic carbocycles. The van der Waals surface area contributed by atoms with E-state index in [1.165, 1.54) is 18.7 Å². The van der Waals surface area contributed by atoms with Gasteiger partial charge in [-0.1, -0.05) is 13.3 Å². The maximum atomic E-state index is 6.13. The molecule has 0 N–H and O–H groups in total. The Morgan fingerprint density at radius 3 is 2.14 bits per heavy atom. The molecular formula is C24H43N3O2. The number of anilines is 1. The van der Waals surface area contributed by atoms with Gasteiger partial charge in [0.05, 0.1) is 23.6 Å². The van der Waals surface area contributed by atoms with Crippen LogP contribution in [0.2, 0.25) is 0 Å². The number of ether oxygens (including phenoxy) is 2. The lowest BCUT2D eigenvalue weighted by molar-refractivity contribution is -0.0616. The summed E-state index contributed by atoms with van der Waals surface area (Å²) in [6, 6.07) is 4.11. The third-order valence-corrected chi connectivity index (χ3v) is 5.18. The van der Waals surface area contributed by atoms with Crippen LogP contribution >= 0.6 is 0 Å². The van der Waals surface area contributed by atoms with Crippen molar-refractivity contribution < 1.29 is 9.47 Å². The minimum Gasteiger partial charge on any atom is -0.472 e. The number of rotatable bonds is 8. The largest absolute Gasteiger partial charge is 0.472 e. The first-order valence-electron chi connectivity index (χ1n) is 11.3. The van der Waals surface area contributed by atoms with Crippen LogP contribution in [-0.4, -0.2) is 59.9 Å². The van der Waals surface area contributed by atoms with Crippen molar-refractivity contribution in [2.24, 2.45) is 5.92 Å². The summed E-state index contributed by atoms with van der Waals surface area (Å²) in [6.07, 6.45) is 4.59. The molecular weight excluding hydrogens is 362 g/mol. The molecule has 1 aromatic rings. The van der Waals surface area contributed by atoms with Crippen LogP contribution in [0.25, 0.3) is 0 Å². The van der Waals surface area contributed by atoms with Crippen molar-refractivity contribution >= 4 is 5.69 Å². The van der Waals surface area contributed by atoms with Crippen LogP contribution in [0.1, 0.15) is 68.2 Å². The second kappa shape index (κ2) is 10.1. The fraction of sp³-hybridized carbons (Fsp3) is 0.792. The van der Waals surface area contributed by atoms with Crippen molar-refractivity contribution in [3.8, 4) is 5.88 Å². The van der Waals surface area contributed by atoms with Gasteiger partial charge >= 0.3 is 0 Å². The molecule has 5 heteroatoms.